The fraction of sp³-hybridized carbons (Fsp3) is 0.217. The maximum Gasteiger partial charge on any atom is 0.340 e. The van der Waals surface area contributed by atoms with Gasteiger partial charge in [-0.2, -0.15) is 0 Å². The van der Waals surface area contributed by atoms with E-state index in [0.717, 1.165) is 5.56 Å². The van der Waals surface area contributed by atoms with Gasteiger partial charge in [-0.1, -0.05) is 11.6 Å². The molecule has 3 aromatic rings. The number of nitrogens with one attached hydrogen (secondary N) is 1. The first-order chi connectivity index (χ1) is 14.9. The van der Waals surface area contributed by atoms with Gasteiger partial charge in [0.15, 0.2) is 11.5 Å². The van der Waals surface area contributed by atoms with Gasteiger partial charge in [0, 0.05) is 35.6 Å². The zero-order valence-corrected chi connectivity index (χ0v) is 18.1. The number of halogens is 1. The summed E-state index contributed by atoms with van der Waals surface area (Å²) < 4.78 is 21.1. The van der Waals surface area contributed by atoms with E-state index in [2.05, 4.69) is 5.32 Å². The van der Waals surface area contributed by atoms with Crippen molar-refractivity contribution in [1.29, 1.82) is 0 Å². The minimum atomic E-state index is -0.602. The average Bonchev–Trinajstić information content (AvgIpc) is 3.26. The van der Waals surface area contributed by atoms with Gasteiger partial charge in [-0.3, -0.25) is 4.79 Å². The van der Waals surface area contributed by atoms with Crippen LogP contribution in [-0.2, 0) is 16.0 Å². The van der Waals surface area contributed by atoms with Gasteiger partial charge in [-0.25, -0.2) is 4.79 Å². The summed E-state index contributed by atoms with van der Waals surface area (Å²) in [6.45, 7) is 0. The van der Waals surface area contributed by atoms with Gasteiger partial charge >= 0.3 is 5.97 Å². The molecule has 1 aromatic heterocycles. The highest BCUT2D eigenvalue weighted by atomic mass is 35.5. The van der Waals surface area contributed by atoms with E-state index in [1.54, 1.807) is 12.1 Å². The lowest BCUT2D eigenvalue weighted by molar-refractivity contribution is -0.116. The molecule has 2 aromatic carbocycles. The molecule has 0 bridgehead atoms. The van der Waals surface area contributed by atoms with E-state index in [-0.39, 0.29) is 23.6 Å². The zero-order valence-electron chi connectivity index (χ0n) is 17.4. The summed E-state index contributed by atoms with van der Waals surface area (Å²) in [6.07, 6.45) is 0.544. The number of carbonyl (C=O) groups is 2. The van der Waals surface area contributed by atoms with Crippen molar-refractivity contribution in [2.45, 2.75) is 12.8 Å². The number of ether oxygens (including phenoxy) is 3. The van der Waals surface area contributed by atoms with Crippen LogP contribution in [0.1, 0.15) is 22.5 Å². The van der Waals surface area contributed by atoms with Gasteiger partial charge in [-0.15, -0.1) is 0 Å². The second-order valence-corrected chi connectivity index (χ2v) is 7.00. The van der Waals surface area contributed by atoms with Crippen molar-refractivity contribution in [2.24, 2.45) is 0 Å². The van der Waals surface area contributed by atoms with Crippen molar-refractivity contribution in [3.05, 3.63) is 64.9 Å². The number of benzene rings is 2. The first-order valence-electron chi connectivity index (χ1n) is 9.44. The highest BCUT2D eigenvalue weighted by Crippen LogP contribution is 2.34. The molecule has 0 aliphatic rings. The molecule has 1 N–H and O–H groups in total. The van der Waals surface area contributed by atoms with Crippen molar-refractivity contribution in [2.75, 3.05) is 26.6 Å². The Morgan fingerprint density at radius 3 is 2.29 bits per heavy atom. The fourth-order valence-electron chi connectivity index (χ4n) is 2.99. The monoisotopic (exact) mass is 443 g/mol. The number of furan rings is 1. The van der Waals surface area contributed by atoms with E-state index < -0.39 is 5.97 Å². The van der Waals surface area contributed by atoms with Crippen LogP contribution in [0.4, 0.5) is 5.69 Å². The molecule has 0 radical (unpaired) electrons. The van der Waals surface area contributed by atoms with Gasteiger partial charge in [-0.05, 0) is 36.4 Å². The van der Waals surface area contributed by atoms with E-state index in [0.29, 0.717) is 34.5 Å². The van der Waals surface area contributed by atoms with Crippen LogP contribution in [0.3, 0.4) is 0 Å². The molecule has 1 heterocycles. The van der Waals surface area contributed by atoms with Crippen LogP contribution in [0.15, 0.2) is 52.9 Å². The Hall–Kier alpha value is -3.45. The number of anilines is 1. The van der Waals surface area contributed by atoms with Crippen molar-refractivity contribution in [1.82, 2.24) is 0 Å². The standard InChI is InChI=1S/C23H22ClNO6/c1-28-20-12-17(23(27)30-3)18(13-21(20)29-2)25-22(26)11-9-16-8-10-19(31-16)14-4-6-15(24)7-5-14/h4-8,10,12-13H,9,11H2,1-3H3,(H,25,26). The third-order valence-electron chi connectivity index (χ3n) is 4.59. The second-order valence-electron chi connectivity index (χ2n) is 6.57. The Morgan fingerprint density at radius 2 is 1.65 bits per heavy atom. The molecule has 0 aliphatic heterocycles. The van der Waals surface area contributed by atoms with Crippen LogP contribution in [0, 0.1) is 0 Å². The van der Waals surface area contributed by atoms with Crippen LogP contribution in [0.2, 0.25) is 5.02 Å². The molecule has 0 aliphatic carbocycles. The second kappa shape index (κ2) is 10.0. The number of rotatable bonds is 8. The molecule has 162 valence electrons. The Balaban J connectivity index is 1.69. The number of aryl methyl sites for hydroxylation is 1. The quantitative estimate of drug-likeness (QED) is 0.494. The maximum atomic E-state index is 12.5. The summed E-state index contributed by atoms with van der Waals surface area (Å²) in [5, 5.41) is 3.38. The molecular weight excluding hydrogens is 422 g/mol. The molecule has 7 nitrogen and oxygen atoms in total. The molecule has 0 atom stereocenters. The molecule has 0 fully saturated rings. The van der Waals surface area contributed by atoms with E-state index in [9.17, 15) is 9.59 Å². The molecule has 1 amide bonds. The minimum Gasteiger partial charge on any atom is -0.493 e. The number of methoxy groups -OCH3 is 3. The number of hydrogen-bond acceptors (Lipinski definition) is 6. The number of hydrogen-bond donors (Lipinski definition) is 1. The van der Waals surface area contributed by atoms with Gasteiger partial charge in [0.1, 0.15) is 11.5 Å². The third kappa shape index (κ3) is 5.38. The van der Waals surface area contributed by atoms with Crippen LogP contribution in [0.5, 0.6) is 11.5 Å². The lowest BCUT2D eigenvalue weighted by Crippen LogP contribution is -2.16. The topological polar surface area (TPSA) is 87.0 Å². The highest BCUT2D eigenvalue weighted by Gasteiger charge is 2.19. The Kier molecular flexibility index (Phi) is 7.20. The van der Waals surface area contributed by atoms with Gasteiger partial charge in [0.05, 0.1) is 32.6 Å². The van der Waals surface area contributed by atoms with E-state index in [4.69, 9.17) is 30.2 Å². The zero-order chi connectivity index (χ0) is 22.4. The summed E-state index contributed by atoms with van der Waals surface area (Å²) in [6, 6.07) is 14.0. The smallest absolute Gasteiger partial charge is 0.340 e. The Morgan fingerprint density at radius 1 is 0.968 bits per heavy atom. The lowest BCUT2D eigenvalue weighted by atomic mass is 10.1. The Labute approximate surface area is 184 Å². The normalized spacial score (nSPS) is 10.5. The number of carbonyl (C=O) groups excluding carboxylic acids is 2. The van der Waals surface area contributed by atoms with Crippen molar-refractivity contribution in [3.8, 4) is 22.8 Å². The largest absolute Gasteiger partial charge is 0.493 e. The van der Waals surface area contributed by atoms with Crippen LogP contribution in [0.25, 0.3) is 11.3 Å². The predicted molar refractivity (Wildman–Crippen MR) is 117 cm³/mol. The summed E-state index contributed by atoms with van der Waals surface area (Å²) in [4.78, 5) is 24.7. The van der Waals surface area contributed by atoms with Crippen LogP contribution >= 0.6 is 11.6 Å². The van der Waals surface area contributed by atoms with Gasteiger partial charge < -0.3 is 23.9 Å². The van der Waals surface area contributed by atoms with Crippen molar-refractivity contribution in [3.63, 3.8) is 0 Å². The maximum absolute atomic E-state index is 12.5. The Bertz CT molecular complexity index is 1070. The SMILES string of the molecule is COC(=O)c1cc(OC)c(OC)cc1NC(=O)CCc1ccc(-c2ccc(Cl)cc2)o1. The lowest BCUT2D eigenvalue weighted by Gasteiger charge is -2.14. The van der Waals surface area contributed by atoms with E-state index in [1.807, 2.05) is 24.3 Å². The van der Waals surface area contributed by atoms with Gasteiger partial charge in [0.2, 0.25) is 5.91 Å². The third-order valence-corrected chi connectivity index (χ3v) is 4.84. The van der Waals surface area contributed by atoms with Crippen LogP contribution < -0.4 is 14.8 Å². The molecule has 0 saturated heterocycles. The van der Waals surface area contributed by atoms with E-state index in [1.165, 1.54) is 33.5 Å². The first kappa shape index (κ1) is 22.2. The molecule has 0 unspecified atom stereocenters. The summed E-state index contributed by atoms with van der Waals surface area (Å²) >= 11 is 5.91. The molecule has 3 rings (SSSR count). The predicted octanol–water partition coefficient (Wildman–Crippen LogP) is 4.98. The first-order valence-corrected chi connectivity index (χ1v) is 9.81. The van der Waals surface area contributed by atoms with Crippen molar-refractivity contribution < 1.29 is 28.2 Å². The fourth-order valence-corrected chi connectivity index (χ4v) is 3.12. The molecular formula is C23H22ClNO6. The number of amides is 1. The molecule has 8 heteroatoms. The van der Waals surface area contributed by atoms with Crippen molar-refractivity contribution >= 4 is 29.2 Å². The molecule has 31 heavy (non-hydrogen) atoms. The van der Waals surface area contributed by atoms with Gasteiger partial charge in [0.25, 0.3) is 0 Å². The molecule has 0 saturated carbocycles. The number of esters is 1. The summed E-state index contributed by atoms with van der Waals surface area (Å²) in [7, 11) is 4.19. The van der Waals surface area contributed by atoms with Crippen LogP contribution in [-0.4, -0.2) is 33.2 Å². The molecule has 0 spiro atoms. The summed E-state index contributed by atoms with van der Waals surface area (Å²) in [5.41, 5.74) is 1.33. The highest BCUT2D eigenvalue weighted by molar-refractivity contribution is 6.30. The van der Waals surface area contributed by atoms with E-state index >= 15 is 0 Å². The summed E-state index contributed by atoms with van der Waals surface area (Å²) in [5.74, 6) is 1.20. The average molecular weight is 444 g/mol. The minimum absolute atomic E-state index is 0.155.